The van der Waals surface area contributed by atoms with E-state index in [1.807, 2.05) is 35.8 Å². The number of nitrogens with one attached hydrogen (secondary N) is 1. The van der Waals surface area contributed by atoms with Gasteiger partial charge in [-0.25, -0.2) is 24.3 Å². The first-order valence-electron chi connectivity index (χ1n) is 10.4. The summed E-state index contributed by atoms with van der Waals surface area (Å²) >= 11 is 12.5. The lowest BCUT2D eigenvalue weighted by Gasteiger charge is -2.16. The van der Waals surface area contributed by atoms with Crippen molar-refractivity contribution in [2.24, 2.45) is 0 Å². The molecule has 0 fully saturated rings. The Labute approximate surface area is 204 Å². The van der Waals surface area contributed by atoms with Crippen molar-refractivity contribution in [1.29, 1.82) is 0 Å². The summed E-state index contributed by atoms with van der Waals surface area (Å²) in [7, 11) is 1.64. The molecule has 172 valence electrons. The second kappa shape index (κ2) is 9.04. The molecule has 34 heavy (non-hydrogen) atoms. The minimum atomic E-state index is -0.418. The molecule has 0 saturated carbocycles. The smallest absolute Gasteiger partial charge is 0.165 e. The molecule has 10 heteroatoms. The topological polar surface area (TPSA) is 77.8 Å². The van der Waals surface area contributed by atoms with Crippen LogP contribution in [0.25, 0.3) is 21.9 Å². The Morgan fingerprint density at radius 1 is 1.09 bits per heavy atom. The number of fused-ring (bicyclic) bond motifs is 2. The molecule has 1 N–H and O–H groups in total. The van der Waals surface area contributed by atoms with Gasteiger partial charge in [-0.1, -0.05) is 35.3 Å². The van der Waals surface area contributed by atoms with Crippen molar-refractivity contribution in [3.05, 3.63) is 82.4 Å². The van der Waals surface area contributed by atoms with Gasteiger partial charge in [0.15, 0.2) is 11.5 Å². The van der Waals surface area contributed by atoms with E-state index in [2.05, 4.69) is 25.3 Å². The highest BCUT2D eigenvalue weighted by Crippen LogP contribution is 2.33. The van der Waals surface area contributed by atoms with Gasteiger partial charge in [0.2, 0.25) is 0 Å². The summed E-state index contributed by atoms with van der Waals surface area (Å²) in [5, 5.41) is 4.49. The van der Waals surface area contributed by atoms with Crippen molar-refractivity contribution in [3.8, 4) is 5.75 Å². The monoisotopic (exact) mass is 496 g/mol. The number of halogens is 3. The average molecular weight is 497 g/mol. The van der Waals surface area contributed by atoms with Crippen molar-refractivity contribution >= 4 is 51.0 Å². The molecule has 0 aliphatic rings. The van der Waals surface area contributed by atoms with E-state index in [0.29, 0.717) is 45.0 Å². The number of methoxy groups -OCH3 is 1. The second-order valence-electron chi connectivity index (χ2n) is 7.77. The summed E-state index contributed by atoms with van der Waals surface area (Å²) in [5.41, 5.74) is 2.92. The van der Waals surface area contributed by atoms with E-state index >= 15 is 0 Å². The third kappa shape index (κ3) is 4.10. The highest BCUT2D eigenvalue weighted by molar-refractivity contribution is 6.41. The third-order valence-electron chi connectivity index (χ3n) is 5.58. The summed E-state index contributed by atoms with van der Waals surface area (Å²) in [6.07, 6.45) is 3.20. The largest absolute Gasteiger partial charge is 0.497 e. The van der Waals surface area contributed by atoms with E-state index in [-0.39, 0.29) is 11.2 Å². The van der Waals surface area contributed by atoms with Crippen molar-refractivity contribution in [3.63, 3.8) is 0 Å². The first-order valence-corrected chi connectivity index (χ1v) is 11.2. The fraction of sp³-hybridized carbons (Fsp3) is 0.167. The van der Waals surface area contributed by atoms with Gasteiger partial charge >= 0.3 is 0 Å². The van der Waals surface area contributed by atoms with Gasteiger partial charge in [0.25, 0.3) is 0 Å². The third-order valence-corrected chi connectivity index (χ3v) is 6.17. The number of hydrogen-bond acceptors (Lipinski definition) is 6. The van der Waals surface area contributed by atoms with Gasteiger partial charge in [-0.05, 0) is 42.8 Å². The number of ether oxygens (including phenoxy) is 1. The van der Waals surface area contributed by atoms with Crippen molar-refractivity contribution < 1.29 is 9.13 Å². The van der Waals surface area contributed by atoms with E-state index in [1.165, 1.54) is 18.5 Å². The fourth-order valence-corrected chi connectivity index (χ4v) is 4.40. The molecule has 0 aliphatic heterocycles. The Balaban J connectivity index is 1.44. The first-order chi connectivity index (χ1) is 16.4. The van der Waals surface area contributed by atoms with E-state index in [9.17, 15) is 4.39 Å². The van der Waals surface area contributed by atoms with Crippen LogP contribution in [0, 0.1) is 5.82 Å². The minimum absolute atomic E-state index is 0.141. The Bertz CT molecular complexity index is 1510. The maximum absolute atomic E-state index is 14.4. The molecular formula is C24H19Cl2FN6O. The lowest BCUT2D eigenvalue weighted by atomic mass is 10.1. The van der Waals surface area contributed by atoms with Crippen molar-refractivity contribution in [1.82, 2.24) is 24.5 Å². The summed E-state index contributed by atoms with van der Waals surface area (Å²) in [4.78, 5) is 17.7. The molecule has 0 aliphatic carbocycles. The number of nitrogens with zero attached hydrogens (tertiary/aromatic N) is 5. The molecule has 2 aromatic carbocycles. The molecule has 0 radical (unpaired) electrons. The molecule has 5 aromatic rings. The van der Waals surface area contributed by atoms with Crippen LogP contribution in [-0.4, -0.2) is 31.6 Å². The SMILES string of the molecule is COc1ccc(Cn2cnc3c(N[C@@H](C)c4cc5c(F)ccc(Cl)c5c(Cl)n4)ncnc32)cc1. The number of anilines is 1. The predicted molar refractivity (Wildman–Crippen MR) is 131 cm³/mol. The second-order valence-corrected chi connectivity index (χ2v) is 8.54. The predicted octanol–water partition coefficient (Wildman–Crippen LogP) is 6.05. The molecule has 0 spiro atoms. The summed E-state index contributed by atoms with van der Waals surface area (Å²) in [6.45, 7) is 2.48. The number of aromatic nitrogens is 5. The normalized spacial score (nSPS) is 12.3. The van der Waals surface area contributed by atoms with Crippen molar-refractivity contribution in [2.45, 2.75) is 19.5 Å². The molecule has 5 rings (SSSR count). The van der Waals surface area contributed by atoms with Crippen LogP contribution in [0.1, 0.15) is 24.2 Å². The zero-order valence-electron chi connectivity index (χ0n) is 18.3. The van der Waals surface area contributed by atoms with Gasteiger partial charge < -0.3 is 14.6 Å². The summed E-state index contributed by atoms with van der Waals surface area (Å²) in [5.74, 6) is 0.918. The number of pyridine rings is 1. The zero-order chi connectivity index (χ0) is 23.8. The average Bonchev–Trinajstić information content (AvgIpc) is 3.25. The minimum Gasteiger partial charge on any atom is -0.497 e. The van der Waals surface area contributed by atoms with E-state index in [1.54, 1.807) is 19.5 Å². The molecule has 0 unspecified atom stereocenters. The highest BCUT2D eigenvalue weighted by atomic mass is 35.5. The Kier molecular flexibility index (Phi) is 5.93. The summed E-state index contributed by atoms with van der Waals surface area (Å²) in [6, 6.07) is 11.9. The van der Waals surface area contributed by atoms with Crippen LogP contribution < -0.4 is 10.1 Å². The van der Waals surface area contributed by atoms with Gasteiger partial charge in [0, 0.05) is 10.8 Å². The Morgan fingerprint density at radius 3 is 2.65 bits per heavy atom. The van der Waals surface area contributed by atoms with Crippen LogP contribution >= 0.6 is 23.2 Å². The van der Waals surface area contributed by atoms with Crippen LogP contribution in [0.4, 0.5) is 10.2 Å². The molecule has 0 bridgehead atoms. The lowest BCUT2D eigenvalue weighted by Crippen LogP contribution is -2.11. The standard InChI is InChI=1S/C24H19Cl2FN6O/c1-13(19-9-16-18(27)8-7-17(25)20(16)22(26)32-19)31-23-21-24(29-11-28-23)33(12-30-21)10-14-3-5-15(34-2)6-4-14/h3-9,11-13H,10H2,1-2H3,(H,28,29,31)/t13-/m0/s1. The Morgan fingerprint density at radius 2 is 1.88 bits per heavy atom. The maximum atomic E-state index is 14.4. The van der Waals surface area contributed by atoms with Crippen LogP contribution in [-0.2, 0) is 6.54 Å². The molecular weight excluding hydrogens is 478 g/mol. The number of imidazole rings is 1. The van der Waals surface area contributed by atoms with E-state index < -0.39 is 5.82 Å². The first kappa shape index (κ1) is 22.3. The van der Waals surface area contributed by atoms with Gasteiger partial charge in [0.05, 0.1) is 36.7 Å². The quantitative estimate of drug-likeness (QED) is 0.288. The number of rotatable bonds is 6. The van der Waals surface area contributed by atoms with Crippen molar-refractivity contribution in [2.75, 3.05) is 12.4 Å². The van der Waals surface area contributed by atoms with E-state index in [0.717, 1.165) is 11.3 Å². The maximum Gasteiger partial charge on any atom is 0.165 e. The van der Waals surface area contributed by atoms with Crippen LogP contribution in [0.15, 0.2) is 55.1 Å². The van der Waals surface area contributed by atoms with Gasteiger partial charge in [-0.2, -0.15) is 0 Å². The molecule has 0 saturated heterocycles. The molecule has 3 heterocycles. The highest BCUT2D eigenvalue weighted by Gasteiger charge is 2.18. The Hall–Kier alpha value is -3.49. The molecule has 0 amide bonds. The van der Waals surface area contributed by atoms with Crippen LogP contribution in [0.5, 0.6) is 5.75 Å². The van der Waals surface area contributed by atoms with Gasteiger partial charge in [0.1, 0.15) is 28.6 Å². The molecule has 7 nitrogen and oxygen atoms in total. The van der Waals surface area contributed by atoms with Crippen LogP contribution in [0.2, 0.25) is 10.2 Å². The molecule has 3 aromatic heterocycles. The lowest BCUT2D eigenvalue weighted by molar-refractivity contribution is 0.414. The van der Waals surface area contributed by atoms with Crippen LogP contribution in [0.3, 0.4) is 0 Å². The number of benzene rings is 2. The fourth-order valence-electron chi connectivity index (χ4n) is 3.80. The number of hydrogen-bond donors (Lipinski definition) is 1. The van der Waals surface area contributed by atoms with E-state index in [4.69, 9.17) is 27.9 Å². The van der Waals surface area contributed by atoms with Gasteiger partial charge in [-0.3, -0.25) is 0 Å². The molecule has 1 atom stereocenters. The zero-order valence-corrected chi connectivity index (χ0v) is 19.8. The summed E-state index contributed by atoms with van der Waals surface area (Å²) < 4.78 is 21.6. The van der Waals surface area contributed by atoms with Gasteiger partial charge in [-0.15, -0.1) is 0 Å².